The van der Waals surface area contributed by atoms with Gasteiger partial charge in [-0.2, -0.15) is 5.10 Å². The van der Waals surface area contributed by atoms with Gasteiger partial charge in [0, 0.05) is 35.7 Å². The molecule has 1 N–H and O–H groups in total. The standard InChI is InChI=1S/C26H24N6O2/c1-16(2)23(33)12-18-4-6-22-21(11-18)26(29-14-27-22)31-19-5-7-24(17(3)10-19)34-20-8-9-32-25(13-20)28-15-30-32/h4-11,13-16H,12H2,1-3H3,(H,27,29,31). The van der Waals surface area contributed by atoms with Crippen LogP contribution in [0.15, 0.2) is 67.4 Å². The molecular formula is C26H24N6O2. The summed E-state index contributed by atoms with van der Waals surface area (Å²) in [5, 5.41) is 8.36. The lowest BCUT2D eigenvalue weighted by atomic mass is 10.00. The molecule has 5 rings (SSSR count). The summed E-state index contributed by atoms with van der Waals surface area (Å²) < 4.78 is 7.75. The zero-order valence-electron chi connectivity index (χ0n) is 19.2. The van der Waals surface area contributed by atoms with Gasteiger partial charge in [-0.05, 0) is 54.4 Å². The summed E-state index contributed by atoms with van der Waals surface area (Å²) in [6.07, 6.45) is 5.25. The van der Waals surface area contributed by atoms with Crippen LogP contribution in [0.2, 0.25) is 0 Å². The van der Waals surface area contributed by atoms with E-state index in [1.54, 1.807) is 4.52 Å². The van der Waals surface area contributed by atoms with Crippen molar-refractivity contribution >= 4 is 33.8 Å². The fourth-order valence-corrected chi connectivity index (χ4v) is 3.68. The zero-order chi connectivity index (χ0) is 23.7. The number of carbonyl (C=O) groups is 1. The molecule has 0 saturated heterocycles. The van der Waals surface area contributed by atoms with Gasteiger partial charge in [0.1, 0.15) is 35.8 Å². The summed E-state index contributed by atoms with van der Waals surface area (Å²) in [7, 11) is 0. The third-order valence-electron chi connectivity index (χ3n) is 5.64. The van der Waals surface area contributed by atoms with Crippen molar-refractivity contribution in [2.45, 2.75) is 27.2 Å². The minimum Gasteiger partial charge on any atom is -0.457 e. The van der Waals surface area contributed by atoms with E-state index in [9.17, 15) is 4.79 Å². The molecule has 0 aliphatic carbocycles. The number of pyridine rings is 1. The topological polar surface area (TPSA) is 94.3 Å². The Labute approximate surface area is 196 Å². The summed E-state index contributed by atoms with van der Waals surface area (Å²) in [5.74, 6) is 2.34. The molecule has 0 amide bonds. The minimum atomic E-state index is 0.00214. The second-order valence-electron chi connectivity index (χ2n) is 8.50. The summed E-state index contributed by atoms with van der Waals surface area (Å²) >= 11 is 0. The highest BCUT2D eigenvalue weighted by atomic mass is 16.5. The highest BCUT2D eigenvalue weighted by Gasteiger charge is 2.12. The molecule has 34 heavy (non-hydrogen) atoms. The highest BCUT2D eigenvalue weighted by molar-refractivity contribution is 5.92. The third kappa shape index (κ3) is 4.43. The van der Waals surface area contributed by atoms with Crippen LogP contribution in [0.4, 0.5) is 11.5 Å². The van der Waals surface area contributed by atoms with Crippen molar-refractivity contribution in [3.05, 3.63) is 78.5 Å². The predicted octanol–water partition coefficient (Wildman–Crippen LogP) is 5.28. The molecule has 0 bridgehead atoms. The number of nitrogens with one attached hydrogen (secondary N) is 1. The van der Waals surface area contributed by atoms with Crippen LogP contribution in [0.1, 0.15) is 25.0 Å². The maximum Gasteiger partial charge on any atom is 0.158 e. The van der Waals surface area contributed by atoms with Crippen molar-refractivity contribution in [2.75, 3.05) is 5.32 Å². The Morgan fingerprint density at radius 3 is 2.74 bits per heavy atom. The smallest absolute Gasteiger partial charge is 0.158 e. The molecule has 0 radical (unpaired) electrons. The number of fused-ring (bicyclic) bond motifs is 2. The first-order chi connectivity index (χ1) is 16.5. The number of nitrogens with zero attached hydrogens (tertiary/aromatic N) is 5. The van der Waals surface area contributed by atoms with Crippen LogP contribution < -0.4 is 10.1 Å². The second-order valence-corrected chi connectivity index (χ2v) is 8.50. The Balaban J connectivity index is 1.38. The number of anilines is 2. The van der Waals surface area contributed by atoms with Crippen molar-refractivity contribution in [2.24, 2.45) is 5.92 Å². The molecule has 0 unspecified atom stereocenters. The number of aromatic nitrogens is 5. The van der Waals surface area contributed by atoms with Gasteiger partial charge in [-0.1, -0.05) is 19.9 Å². The maximum atomic E-state index is 12.2. The largest absolute Gasteiger partial charge is 0.457 e. The number of hydrogen-bond donors (Lipinski definition) is 1. The van der Waals surface area contributed by atoms with Crippen LogP contribution in [0.3, 0.4) is 0 Å². The fraction of sp³-hybridized carbons (Fsp3) is 0.192. The molecule has 0 saturated carbocycles. The highest BCUT2D eigenvalue weighted by Crippen LogP contribution is 2.30. The number of ketones is 1. The number of ether oxygens (including phenoxy) is 1. The quantitative estimate of drug-likeness (QED) is 0.359. The van der Waals surface area contributed by atoms with Crippen LogP contribution in [0, 0.1) is 12.8 Å². The molecule has 8 heteroatoms. The van der Waals surface area contributed by atoms with Gasteiger partial charge in [-0.15, -0.1) is 0 Å². The maximum absolute atomic E-state index is 12.2. The van der Waals surface area contributed by atoms with Crippen LogP contribution in [0.25, 0.3) is 16.6 Å². The molecule has 0 aliphatic heterocycles. The van der Waals surface area contributed by atoms with E-state index < -0.39 is 0 Å². The lowest BCUT2D eigenvalue weighted by Gasteiger charge is -2.13. The minimum absolute atomic E-state index is 0.00214. The molecule has 8 nitrogen and oxygen atoms in total. The van der Waals surface area contributed by atoms with Gasteiger partial charge in [0.05, 0.1) is 5.52 Å². The van der Waals surface area contributed by atoms with Gasteiger partial charge in [-0.3, -0.25) is 4.79 Å². The van der Waals surface area contributed by atoms with E-state index in [1.165, 1.54) is 12.7 Å². The molecule has 170 valence electrons. The van der Waals surface area contributed by atoms with E-state index in [1.807, 2.05) is 75.5 Å². The van der Waals surface area contributed by atoms with Crippen LogP contribution in [-0.2, 0) is 11.2 Å². The normalized spacial score (nSPS) is 11.3. The molecule has 3 aromatic heterocycles. The van der Waals surface area contributed by atoms with E-state index in [-0.39, 0.29) is 11.7 Å². The molecule has 0 atom stereocenters. The van der Waals surface area contributed by atoms with Crippen LogP contribution in [-0.4, -0.2) is 30.3 Å². The number of aryl methyl sites for hydroxylation is 1. The Morgan fingerprint density at radius 2 is 1.91 bits per heavy atom. The number of hydrogen-bond acceptors (Lipinski definition) is 7. The Morgan fingerprint density at radius 1 is 1.03 bits per heavy atom. The molecule has 3 heterocycles. The van der Waals surface area contributed by atoms with Gasteiger partial charge >= 0.3 is 0 Å². The van der Waals surface area contributed by atoms with Gasteiger partial charge in [0.2, 0.25) is 0 Å². The monoisotopic (exact) mass is 452 g/mol. The first-order valence-electron chi connectivity index (χ1n) is 11.1. The number of Topliss-reactive ketones (excluding diaryl/α,β-unsaturated/α-hetero) is 1. The second kappa shape index (κ2) is 8.90. The number of benzene rings is 2. The predicted molar refractivity (Wildman–Crippen MR) is 131 cm³/mol. The first-order valence-corrected chi connectivity index (χ1v) is 11.1. The Kier molecular flexibility index (Phi) is 5.63. The fourth-order valence-electron chi connectivity index (χ4n) is 3.68. The van der Waals surface area contributed by atoms with E-state index in [2.05, 4.69) is 25.4 Å². The van der Waals surface area contributed by atoms with Crippen LogP contribution in [0.5, 0.6) is 11.5 Å². The van der Waals surface area contributed by atoms with E-state index in [0.29, 0.717) is 18.0 Å². The average Bonchev–Trinajstić information content (AvgIpc) is 3.29. The Hall–Kier alpha value is -4.33. The van der Waals surface area contributed by atoms with Gasteiger partial charge < -0.3 is 10.1 Å². The lowest BCUT2D eigenvalue weighted by Crippen LogP contribution is -2.10. The number of carbonyl (C=O) groups excluding carboxylic acids is 1. The third-order valence-corrected chi connectivity index (χ3v) is 5.64. The van der Waals surface area contributed by atoms with Crippen molar-refractivity contribution < 1.29 is 9.53 Å². The van der Waals surface area contributed by atoms with Gasteiger partial charge in [0.25, 0.3) is 0 Å². The number of rotatable bonds is 7. The molecule has 0 fully saturated rings. The molecule has 2 aromatic carbocycles. The van der Waals surface area contributed by atoms with E-state index >= 15 is 0 Å². The van der Waals surface area contributed by atoms with Crippen molar-refractivity contribution in [3.8, 4) is 11.5 Å². The molecule has 5 aromatic rings. The lowest BCUT2D eigenvalue weighted by molar-refractivity contribution is -0.121. The van der Waals surface area contributed by atoms with Crippen molar-refractivity contribution in [1.29, 1.82) is 0 Å². The van der Waals surface area contributed by atoms with Crippen LogP contribution >= 0.6 is 0 Å². The molecular weight excluding hydrogens is 428 g/mol. The average molecular weight is 453 g/mol. The molecule has 0 spiro atoms. The summed E-state index contributed by atoms with van der Waals surface area (Å²) in [4.78, 5) is 25.2. The zero-order valence-corrected chi connectivity index (χ0v) is 19.2. The van der Waals surface area contributed by atoms with Crippen molar-refractivity contribution in [3.63, 3.8) is 0 Å². The Bertz CT molecular complexity index is 1510. The summed E-state index contributed by atoms with van der Waals surface area (Å²) in [6, 6.07) is 15.4. The van der Waals surface area contributed by atoms with Crippen molar-refractivity contribution in [1.82, 2.24) is 24.6 Å². The summed E-state index contributed by atoms with van der Waals surface area (Å²) in [6.45, 7) is 5.83. The molecule has 0 aliphatic rings. The van der Waals surface area contributed by atoms with E-state index in [4.69, 9.17) is 4.74 Å². The van der Waals surface area contributed by atoms with Gasteiger partial charge in [-0.25, -0.2) is 19.5 Å². The first kappa shape index (κ1) is 21.5. The van der Waals surface area contributed by atoms with Gasteiger partial charge in [0.15, 0.2) is 5.65 Å². The summed E-state index contributed by atoms with van der Waals surface area (Å²) in [5.41, 5.74) is 4.33. The SMILES string of the molecule is Cc1cc(Nc2ncnc3ccc(CC(=O)C(C)C)cc23)ccc1Oc1ccn2ncnc2c1. The van der Waals surface area contributed by atoms with E-state index in [0.717, 1.165) is 39.1 Å².